The number of ether oxygens (including phenoxy) is 3. The zero-order valence-electron chi connectivity index (χ0n) is 19.8. The van der Waals surface area contributed by atoms with Crippen molar-refractivity contribution in [2.75, 3.05) is 19.5 Å². The second-order valence-electron chi connectivity index (χ2n) is 8.83. The summed E-state index contributed by atoms with van der Waals surface area (Å²) in [7, 11) is 3.07. The molecule has 2 heterocycles. The number of hydrogen-bond donors (Lipinski definition) is 4. The number of aliphatic hydroxyl groups is 3. The summed E-state index contributed by atoms with van der Waals surface area (Å²) in [4.78, 5) is 12.1. The van der Waals surface area contributed by atoms with Gasteiger partial charge in [-0.25, -0.2) is 9.07 Å². The molecule has 190 valence electrons. The van der Waals surface area contributed by atoms with Crippen molar-refractivity contribution in [3.05, 3.63) is 53.3 Å². The number of methoxy groups -OCH3 is 2. The van der Waals surface area contributed by atoms with Crippen LogP contribution < -0.4 is 14.8 Å². The molecule has 2 aromatic carbocycles. The molecule has 1 aliphatic heterocycles. The number of aromatic nitrogens is 2. The summed E-state index contributed by atoms with van der Waals surface area (Å²) in [6.45, 7) is 1.22. The number of nitrogens with zero attached hydrogens (tertiary/aromatic N) is 2. The van der Waals surface area contributed by atoms with E-state index < -0.39 is 42.2 Å². The number of anilines is 2. The van der Waals surface area contributed by atoms with Gasteiger partial charge in [0.25, 0.3) is 0 Å². The number of nitrogens with one attached hydrogen (secondary N) is 1. The lowest BCUT2D eigenvalue weighted by Crippen LogP contribution is -2.57. The van der Waals surface area contributed by atoms with E-state index in [0.717, 1.165) is 16.7 Å². The topological polar surface area (TPSA) is 135 Å². The molecule has 4 N–H and O–H groups in total. The van der Waals surface area contributed by atoms with Crippen LogP contribution in [0.4, 0.5) is 15.9 Å². The van der Waals surface area contributed by atoms with Crippen molar-refractivity contribution in [1.82, 2.24) is 9.78 Å². The number of Topliss-reactive ketones (excluding diaryl/α,β-unsaturated/α-hetero) is 1. The van der Waals surface area contributed by atoms with Crippen LogP contribution in [0.15, 0.2) is 36.4 Å². The third-order valence-electron chi connectivity index (χ3n) is 6.56. The highest BCUT2D eigenvalue weighted by molar-refractivity contribution is 5.83. The van der Waals surface area contributed by atoms with Gasteiger partial charge in [-0.3, -0.25) is 4.79 Å². The van der Waals surface area contributed by atoms with Crippen molar-refractivity contribution >= 4 is 17.3 Å². The summed E-state index contributed by atoms with van der Waals surface area (Å²) < 4.78 is 31.9. The molecule has 5 rings (SSSR count). The molecular weight excluding hydrogens is 473 g/mol. The number of carbonyl (C=O) groups excluding carboxylic acids is 1. The molecular formula is C25H26FN3O7. The number of ketones is 1. The molecule has 2 aliphatic rings. The monoisotopic (exact) mass is 499 g/mol. The Morgan fingerprint density at radius 1 is 1.11 bits per heavy atom. The van der Waals surface area contributed by atoms with Gasteiger partial charge in [0.05, 0.1) is 19.9 Å². The molecule has 5 atom stereocenters. The maximum absolute atomic E-state index is 14.0. The molecule has 0 amide bonds. The second-order valence-corrected chi connectivity index (χ2v) is 8.83. The highest BCUT2D eigenvalue weighted by atomic mass is 19.1. The predicted octanol–water partition coefficient (Wildman–Crippen LogP) is 1.92. The number of aliphatic hydroxyl groups excluding tert-OH is 3. The van der Waals surface area contributed by atoms with Gasteiger partial charge in [-0.1, -0.05) is 6.07 Å². The van der Waals surface area contributed by atoms with Gasteiger partial charge in [-0.05, 0) is 42.8 Å². The molecule has 0 radical (unpaired) electrons. The number of carbonyl (C=O) groups is 1. The minimum Gasteiger partial charge on any atom is -0.493 e. The Labute approximate surface area is 205 Å². The highest BCUT2D eigenvalue weighted by Crippen LogP contribution is 2.46. The molecule has 0 bridgehead atoms. The predicted molar refractivity (Wildman–Crippen MR) is 126 cm³/mol. The molecule has 36 heavy (non-hydrogen) atoms. The molecule has 1 aromatic heterocycles. The summed E-state index contributed by atoms with van der Waals surface area (Å²) in [6.07, 6.45) is -7.13. The van der Waals surface area contributed by atoms with Crippen LogP contribution in [0.3, 0.4) is 0 Å². The van der Waals surface area contributed by atoms with Crippen LogP contribution in [0, 0.1) is 5.82 Å². The summed E-state index contributed by atoms with van der Waals surface area (Å²) in [5.41, 5.74) is 3.37. The number of rotatable bonds is 6. The largest absolute Gasteiger partial charge is 0.493 e. The first-order valence-corrected chi connectivity index (χ1v) is 11.3. The Morgan fingerprint density at radius 2 is 1.83 bits per heavy atom. The minimum absolute atomic E-state index is 0.375. The van der Waals surface area contributed by atoms with Crippen LogP contribution in [0.5, 0.6) is 11.5 Å². The minimum atomic E-state index is -1.66. The third-order valence-corrected chi connectivity index (χ3v) is 6.56. The number of fused-ring (bicyclic) bond motifs is 3. The highest BCUT2D eigenvalue weighted by Gasteiger charge is 2.48. The normalized spacial score (nSPS) is 24.7. The Bertz CT molecular complexity index is 1330. The lowest BCUT2D eigenvalue weighted by Gasteiger charge is -2.40. The molecule has 3 aromatic rings. The van der Waals surface area contributed by atoms with Crippen LogP contribution in [0.1, 0.15) is 24.3 Å². The molecule has 11 heteroatoms. The van der Waals surface area contributed by atoms with Crippen molar-refractivity contribution in [2.45, 2.75) is 44.0 Å². The van der Waals surface area contributed by atoms with Crippen LogP contribution in [0.2, 0.25) is 0 Å². The van der Waals surface area contributed by atoms with Gasteiger partial charge in [-0.2, -0.15) is 5.10 Å². The standard InChI is InChI=1S/C25H26FN3O7/c1-11(30)23-21(32)20(31)22(33)25(36-23)29-24(27-14-6-4-5-13(26)9-14)16-7-12-8-17(34-2)18(35-3)10-15(12)19(16)28-29/h4-6,8-10,20-23,25,27,31-33H,7H2,1-3H3/t20-,21-,22+,23+,25+/m0/s1. The zero-order chi connectivity index (χ0) is 25.7. The van der Waals surface area contributed by atoms with Gasteiger partial charge in [0.15, 0.2) is 23.5 Å². The average molecular weight is 499 g/mol. The van der Waals surface area contributed by atoms with Crippen LogP contribution in [-0.2, 0) is 16.0 Å². The maximum atomic E-state index is 14.0. The van der Waals surface area contributed by atoms with E-state index in [9.17, 15) is 24.5 Å². The smallest absolute Gasteiger partial charge is 0.181 e. The van der Waals surface area contributed by atoms with Crippen molar-refractivity contribution in [3.8, 4) is 22.8 Å². The average Bonchev–Trinajstić information content (AvgIpc) is 3.37. The second kappa shape index (κ2) is 9.17. The lowest BCUT2D eigenvalue weighted by molar-refractivity contribution is -0.241. The van der Waals surface area contributed by atoms with Gasteiger partial charge in [0.1, 0.15) is 36.1 Å². The first kappa shape index (κ1) is 24.2. The van der Waals surface area contributed by atoms with E-state index >= 15 is 0 Å². The van der Waals surface area contributed by atoms with E-state index in [1.54, 1.807) is 25.3 Å². The van der Waals surface area contributed by atoms with Gasteiger partial charge < -0.3 is 34.8 Å². The summed E-state index contributed by atoms with van der Waals surface area (Å²) >= 11 is 0. The SMILES string of the molecule is COc1cc2c(cc1OC)-c1nn([C@@H]3O[C@H](C(C)=O)[C@@H](O)[C@H](O)[C@H]3O)c(Nc3cccc(F)c3)c1C2. The Hall–Kier alpha value is -3.51. The molecule has 0 saturated carbocycles. The van der Waals surface area contributed by atoms with Crippen molar-refractivity contribution in [2.24, 2.45) is 0 Å². The number of hydrogen-bond acceptors (Lipinski definition) is 9. The van der Waals surface area contributed by atoms with Crippen molar-refractivity contribution in [1.29, 1.82) is 0 Å². The quantitative estimate of drug-likeness (QED) is 0.314. The van der Waals surface area contributed by atoms with Crippen LogP contribution >= 0.6 is 0 Å². The molecule has 1 saturated heterocycles. The molecule has 0 spiro atoms. The van der Waals surface area contributed by atoms with E-state index in [1.165, 1.54) is 30.8 Å². The maximum Gasteiger partial charge on any atom is 0.181 e. The van der Waals surface area contributed by atoms with Gasteiger partial charge in [-0.15, -0.1) is 0 Å². The fraction of sp³-hybridized carbons (Fsp3) is 0.360. The third kappa shape index (κ3) is 3.90. The van der Waals surface area contributed by atoms with Gasteiger partial charge in [0.2, 0.25) is 0 Å². The van der Waals surface area contributed by atoms with E-state index in [1.807, 2.05) is 6.07 Å². The Morgan fingerprint density at radius 3 is 2.50 bits per heavy atom. The van der Waals surface area contributed by atoms with E-state index in [-0.39, 0.29) is 0 Å². The zero-order valence-corrected chi connectivity index (χ0v) is 19.8. The Balaban J connectivity index is 1.65. The fourth-order valence-corrected chi connectivity index (χ4v) is 4.75. The molecule has 0 unspecified atom stereocenters. The molecule has 10 nitrogen and oxygen atoms in total. The van der Waals surface area contributed by atoms with E-state index in [0.29, 0.717) is 35.1 Å². The van der Waals surface area contributed by atoms with Crippen molar-refractivity contribution < 1.29 is 38.7 Å². The first-order valence-electron chi connectivity index (χ1n) is 11.3. The van der Waals surface area contributed by atoms with E-state index in [4.69, 9.17) is 14.2 Å². The first-order chi connectivity index (χ1) is 17.2. The summed E-state index contributed by atoms with van der Waals surface area (Å²) in [5, 5.41) is 39.4. The fourth-order valence-electron chi connectivity index (χ4n) is 4.75. The molecule has 1 fully saturated rings. The lowest BCUT2D eigenvalue weighted by atomic mass is 9.96. The Kier molecular flexibility index (Phi) is 6.17. The summed E-state index contributed by atoms with van der Waals surface area (Å²) in [5.74, 6) is 0.466. The van der Waals surface area contributed by atoms with E-state index in [2.05, 4.69) is 10.4 Å². The van der Waals surface area contributed by atoms with Crippen LogP contribution in [-0.4, -0.2) is 69.5 Å². The van der Waals surface area contributed by atoms with Gasteiger partial charge >= 0.3 is 0 Å². The molecule has 1 aliphatic carbocycles. The van der Waals surface area contributed by atoms with Crippen molar-refractivity contribution in [3.63, 3.8) is 0 Å². The number of halogens is 1. The van der Waals surface area contributed by atoms with Gasteiger partial charge in [0, 0.05) is 23.2 Å². The summed E-state index contributed by atoms with van der Waals surface area (Å²) in [6, 6.07) is 9.46. The van der Waals surface area contributed by atoms with Crippen LogP contribution in [0.25, 0.3) is 11.3 Å². The number of benzene rings is 2.